The molecule has 3 aromatic rings. The van der Waals surface area contributed by atoms with Gasteiger partial charge in [-0.3, -0.25) is 4.79 Å². The zero-order chi connectivity index (χ0) is 22.2. The smallest absolute Gasteiger partial charge is 0.433 e. The van der Waals surface area contributed by atoms with Crippen molar-refractivity contribution < 1.29 is 22.3 Å². The molecule has 0 saturated carbocycles. The lowest BCUT2D eigenvalue weighted by Crippen LogP contribution is -2.45. The van der Waals surface area contributed by atoms with Crippen LogP contribution in [0.4, 0.5) is 17.6 Å². The number of pyridine rings is 1. The molecule has 0 amide bonds. The fourth-order valence-corrected chi connectivity index (χ4v) is 2.57. The molecule has 0 bridgehead atoms. The zero-order valence-electron chi connectivity index (χ0n) is 14.4. The molecule has 0 aliphatic rings. The third-order valence-electron chi connectivity index (χ3n) is 3.75. The van der Waals surface area contributed by atoms with Gasteiger partial charge in [0.25, 0.3) is 5.56 Å². The van der Waals surface area contributed by atoms with E-state index in [-0.39, 0.29) is 37.5 Å². The maximum Gasteiger partial charge on any atom is 0.433 e. The first-order chi connectivity index (χ1) is 14.0. The molecular weight excluding hydrogens is 434 g/mol. The summed E-state index contributed by atoms with van der Waals surface area (Å²) in [5, 5.41) is 8.48. The van der Waals surface area contributed by atoms with Crippen LogP contribution in [0.15, 0.2) is 46.1 Å². The van der Waals surface area contributed by atoms with Crippen LogP contribution in [0, 0.1) is 17.1 Å². The Labute approximate surface area is 168 Å². The molecule has 2 aromatic heterocycles. The maximum absolute atomic E-state index is 14.4. The van der Waals surface area contributed by atoms with E-state index in [4.69, 9.17) is 27.4 Å². The van der Waals surface area contributed by atoms with Crippen LogP contribution in [0.2, 0.25) is 5.02 Å². The first-order valence-electron chi connectivity index (χ1n) is 7.77. The van der Waals surface area contributed by atoms with Gasteiger partial charge in [-0.25, -0.2) is 23.4 Å². The average Bonchev–Trinajstić information content (AvgIpc) is 2.67. The number of rotatable bonds is 3. The summed E-state index contributed by atoms with van der Waals surface area (Å²) in [6.45, 7) is 0. The highest BCUT2D eigenvalue weighted by Crippen LogP contribution is 2.32. The van der Waals surface area contributed by atoms with Gasteiger partial charge in [0.1, 0.15) is 17.6 Å². The Kier molecular flexibility index (Phi) is 5.24. The average molecular weight is 442 g/mol. The minimum atomic E-state index is -5.08. The van der Waals surface area contributed by atoms with Crippen LogP contribution in [0.5, 0.6) is 11.6 Å². The highest BCUT2D eigenvalue weighted by Gasteiger charge is 2.36. The second kappa shape index (κ2) is 7.53. The summed E-state index contributed by atoms with van der Waals surface area (Å²) >= 11 is 5.90. The van der Waals surface area contributed by atoms with E-state index in [9.17, 15) is 27.2 Å². The molecule has 2 heterocycles. The van der Waals surface area contributed by atoms with Crippen molar-refractivity contribution in [3.8, 4) is 23.4 Å². The molecule has 0 saturated heterocycles. The second-order valence-corrected chi connectivity index (χ2v) is 6.09. The normalized spacial score (nSPS) is 11.2. The second-order valence-electron chi connectivity index (χ2n) is 5.69. The summed E-state index contributed by atoms with van der Waals surface area (Å²) in [5.74, 6) is 3.63. The van der Waals surface area contributed by atoms with Crippen LogP contribution in [-0.4, -0.2) is 14.2 Å². The number of hydrogen-bond donors (Lipinski definition) is 1. The van der Waals surface area contributed by atoms with E-state index in [0.29, 0.717) is 6.07 Å². The van der Waals surface area contributed by atoms with Crippen LogP contribution in [0.3, 0.4) is 0 Å². The van der Waals surface area contributed by atoms with Crippen molar-refractivity contribution in [3.63, 3.8) is 0 Å². The molecular formula is C17H8ClF4N5O3. The molecule has 0 unspecified atom stereocenters. The van der Waals surface area contributed by atoms with Gasteiger partial charge in [0, 0.05) is 24.4 Å². The molecule has 13 heteroatoms. The Morgan fingerprint density at radius 1 is 1.20 bits per heavy atom. The molecule has 0 aliphatic carbocycles. The van der Waals surface area contributed by atoms with Crippen molar-refractivity contribution in [2.75, 3.05) is 5.84 Å². The molecule has 0 aliphatic heterocycles. The first kappa shape index (κ1) is 20.9. The maximum atomic E-state index is 14.4. The van der Waals surface area contributed by atoms with E-state index in [1.165, 1.54) is 18.3 Å². The van der Waals surface area contributed by atoms with E-state index in [2.05, 4.69) is 4.98 Å². The van der Waals surface area contributed by atoms with Gasteiger partial charge in [-0.1, -0.05) is 11.6 Å². The summed E-state index contributed by atoms with van der Waals surface area (Å²) < 4.78 is 58.3. The first-order valence-corrected chi connectivity index (χ1v) is 8.15. The zero-order valence-corrected chi connectivity index (χ0v) is 15.2. The van der Waals surface area contributed by atoms with Crippen molar-refractivity contribution in [1.82, 2.24) is 14.2 Å². The number of nitrogens with two attached hydrogens (primary N) is 1. The topological polar surface area (TPSA) is 116 Å². The standard InChI is InChI=1S/C17H8ClF4N5O3/c18-9-3-10(19)11(4-12(9)30-14-2-1-8(6-23)7-25-14)26-15(28)5-13(17(20,21)22)27(24)16(26)29/h1-5,7H,24H2. The lowest BCUT2D eigenvalue weighted by molar-refractivity contribution is -0.143. The minimum absolute atomic E-state index is 0.0537. The number of benzene rings is 1. The number of halogens is 5. The predicted molar refractivity (Wildman–Crippen MR) is 95.4 cm³/mol. The molecule has 0 atom stereocenters. The van der Waals surface area contributed by atoms with Crippen molar-refractivity contribution in [2.24, 2.45) is 0 Å². The lowest BCUT2D eigenvalue weighted by atomic mass is 10.2. The van der Waals surface area contributed by atoms with Gasteiger partial charge in [0.2, 0.25) is 5.88 Å². The molecule has 0 fully saturated rings. The summed E-state index contributed by atoms with van der Waals surface area (Å²) in [5.41, 5.74) is -5.34. The molecule has 0 radical (unpaired) electrons. The van der Waals surface area contributed by atoms with Gasteiger partial charge in [0.15, 0.2) is 5.69 Å². The quantitative estimate of drug-likeness (QED) is 0.493. The van der Waals surface area contributed by atoms with Crippen LogP contribution < -0.4 is 21.8 Å². The Hall–Kier alpha value is -3.85. The van der Waals surface area contributed by atoms with E-state index in [1.807, 2.05) is 6.07 Å². The van der Waals surface area contributed by atoms with Crippen molar-refractivity contribution in [3.05, 3.63) is 79.5 Å². The van der Waals surface area contributed by atoms with Gasteiger partial charge in [-0.15, -0.1) is 0 Å². The van der Waals surface area contributed by atoms with Crippen LogP contribution in [-0.2, 0) is 6.18 Å². The SMILES string of the molecule is N#Cc1ccc(Oc2cc(-n3c(=O)cc(C(F)(F)F)n(N)c3=O)c(F)cc2Cl)nc1. The highest BCUT2D eigenvalue weighted by molar-refractivity contribution is 6.32. The van der Waals surface area contributed by atoms with Crippen LogP contribution in [0.1, 0.15) is 11.3 Å². The third-order valence-corrected chi connectivity index (χ3v) is 4.05. The predicted octanol–water partition coefficient (Wildman–Crippen LogP) is 2.58. The fourth-order valence-electron chi connectivity index (χ4n) is 2.38. The largest absolute Gasteiger partial charge is 0.437 e. The molecule has 154 valence electrons. The van der Waals surface area contributed by atoms with Gasteiger partial charge >= 0.3 is 11.9 Å². The summed E-state index contributed by atoms with van der Waals surface area (Å²) in [6.07, 6.45) is -3.90. The van der Waals surface area contributed by atoms with E-state index in [1.54, 1.807) is 0 Å². The fraction of sp³-hybridized carbons (Fsp3) is 0.0588. The molecule has 1 aromatic carbocycles. The number of nitrogen functional groups attached to an aromatic ring is 1. The summed E-state index contributed by atoms with van der Waals surface area (Å²) in [6, 6.07) is 6.08. The van der Waals surface area contributed by atoms with Crippen LogP contribution in [0.25, 0.3) is 5.69 Å². The molecule has 0 spiro atoms. The third kappa shape index (κ3) is 3.83. The Bertz CT molecular complexity index is 1290. The van der Waals surface area contributed by atoms with Crippen molar-refractivity contribution in [1.29, 1.82) is 5.26 Å². The number of nitrogens with zero attached hydrogens (tertiary/aromatic N) is 4. The Morgan fingerprint density at radius 3 is 2.47 bits per heavy atom. The van der Waals surface area contributed by atoms with E-state index in [0.717, 1.165) is 6.07 Å². The van der Waals surface area contributed by atoms with Gasteiger partial charge in [-0.05, 0) is 12.1 Å². The number of ether oxygens (including phenoxy) is 1. The van der Waals surface area contributed by atoms with Gasteiger partial charge < -0.3 is 10.6 Å². The molecule has 3 rings (SSSR count). The highest BCUT2D eigenvalue weighted by atomic mass is 35.5. The summed E-state index contributed by atoms with van der Waals surface area (Å²) in [7, 11) is 0. The monoisotopic (exact) mass is 441 g/mol. The van der Waals surface area contributed by atoms with Gasteiger partial charge in [0.05, 0.1) is 16.3 Å². The van der Waals surface area contributed by atoms with Crippen molar-refractivity contribution >= 4 is 11.6 Å². The Morgan fingerprint density at radius 2 is 1.90 bits per heavy atom. The Balaban J connectivity index is 2.15. The van der Waals surface area contributed by atoms with Gasteiger partial charge in [-0.2, -0.15) is 18.4 Å². The van der Waals surface area contributed by atoms with Crippen LogP contribution >= 0.6 is 11.6 Å². The van der Waals surface area contributed by atoms with E-state index >= 15 is 0 Å². The lowest BCUT2D eigenvalue weighted by Gasteiger charge is -2.15. The number of hydrogen-bond acceptors (Lipinski definition) is 6. The van der Waals surface area contributed by atoms with Crippen molar-refractivity contribution in [2.45, 2.75) is 6.18 Å². The molecule has 8 nitrogen and oxygen atoms in total. The number of alkyl halides is 3. The molecule has 2 N–H and O–H groups in total. The number of nitriles is 1. The summed E-state index contributed by atoms with van der Waals surface area (Å²) in [4.78, 5) is 28.2. The minimum Gasteiger partial charge on any atom is -0.437 e. The molecule has 30 heavy (non-hydrogen) atoms. The van der Waals surface area contributed by atoms with E-state index < -0.39 is 34.6 Å². The number of aromatic nitrogens is 3.